The van der Waals surface area contributed by atoms with Crippen LogP contribution in [0.15, 0.2) is 18.3 Å². The lowest BCUT2D eigenvalue weighted by Gasteiger charge is -2.42. The molecule has 3 N–H and O–H groups in total. The van der Waals surface area contributed by atoms with Crippen LogP contribution in [0.25, 0.3) is 11.3 Å². The molecule has 1 aliphatic heterocycles. The number of likely N-dealkylation sites (tertiary alicyclic amines) is 1. The molecule has 0 unspecified atom stereocenters. The van der Waals surface area contributed by atoms with Crippen LogP contribution in [0.3, 0.4) is 0 Å². The molecule has 1 spiro atoms. The van der Waals surface area contributed by atoms with Crippen LogP contribution in [-0.4, -0.2) is 86.7 Å². The largest absolute Gasteiger partial charge is 0.481 e. The Balaban J connectivity index is 1.18. The number of alkyl halides is 3. The van der Waals surface area contributed by atoms with Crippen molar-refractivity contribution in [1.29, 1.82) is 0 Å². The van der Waals surface area contributed by atoms with Crippen LogP contribution in [0.4, 0.5) is 17.6 Å². The van der Waals surface area contributed by atoms with Gasteiger partial charge in [0.15, 0.2) is 11.4 Å². The van der Waals surface area contributed by atoms with Crippen LogP contribution >= 0.6 is 0 Å². The van der Waals surface area contributed by atoms with Gasteiger partial charge in [-0.2, -0.15) is 18.3 Å². The molecule has 3 heterocycles. The molecule has 0 radical (unpaired) electrons. The van der Waals surface area contributed by atoms with E-state index in [1.54, 1.807) is 4.90 Å². The molecule has 42 heavy (non-hydrogen) atoms. The van der Waals surface area contributed by atoms with Crippen LogP contribution in [0, 0.1) is 11.7 Å². The summed E-state index contributed by atoms with van der Waals surface area (Å²) < 4.78 is 66.0. The van der Waals surface area contributed by atoms with Crippen molar-refractivity contribution >= 4 is 11.8 Å². The van der Waals surface area contributed by atoms with Gasteiger partial charge in [0.1, 0.15) is 5.69 Å². The minimum Gasteiger partial charge on any atom is -0.481 e. The summed E-state index contributed by atoms with van der Waals surface area (Å²) in [5, 5.41) is 19.2. The van der Waals surface area contributed by atoms with E-state index in [1.165, 1.54) is 26.2 Å². The number of nitrogens with one attached hydrogen (secondary N) is 2. The number of pyridine rings is 1. The predicted octanol–water partition coefficient (Wildman–Crippen LogP) is 3.76. The van der Waals surface area contributed by atoms with Gasteiger partial charge in [-0.3, -0.25) is 14.7 Å². The molecule has 14 heteroatoms. The first kappa shape index (κ1) is 30.2. The summed E-state index contributed by atoms with van der Waals surface area (Å²) in [7, 11) is 1.41. The highest BCUT2D eigenvalue weighted by Crippen LogP contribution is 2.51. The Morgan fingerprint density at radius 1 is 1.21 bits per heavy atom. The van der Waals surface area contributed by atoms with Gasteiger partial charge in [0.2, 0.25) is 11.8 Å². The Morgan fingerprint density at radius 2 is 1.93 bits per heavy atom. The fourth-order valence-corrected chi connectivity index (χ4v) is 6.13. The van der Waals surface area contributed by atoms with Crippen LogP contribution < -0.4 is 10.1 Å². The Bertz CT molecular complexity index is 1300. The topological polar surface area (TPSA) is 130 Å². The number of amides is 2. The van der Waals surface area contributed by atoms with E-state index < -0.39 is 41.9 Å². The number of rotatable bonds is 8. The zero-order chi connectivity index (χ0) is 30.3. The molecule has 2 aromatic rings. The van der Waals surface area contributed by atoms with E-state index >= 15 is 0 Å². The van der Waals surface area contributed by atoms with Gasteiger partial charge in [-0.05, 0) is 64.4 Å². The SMILES string of the molecule is COc1cc(-c2cc(C(=O)N3CC[C@H](C(=O)NC4CCC(OC[C@H](C)O)(C(F)(F)F)CC4)CC34CC4)[nH]n2)c(F)cn1. The first-order chi connectivity index (χ1) is 19.9. The number of halogens is 4. The first-order valence-corrected chi connectivity index (χ1v) is 14.1. The number of nitrogens with zero attached hydrogens (tertiary/aromatic N) is 3. The quantitative estimate of drug-likeness (QED) is 0.395. The van der Waals surface area contributed by atoms with E-state index in [-0.39, 0.29) is 66.2 Å². The number of hydrogen-bond acceptors (Lipinski definition) is 7. The molecule has 0 aromatic carbocycles. The number of hydrogen-bond donors (Lipinski definition) is 3. The van der Waals surface area contributed by atoms with E-state index in [1.807, 2.05) is 0 Å². The number of aliphatic hydroxyl groups excluding tert-OH is 1. The van der Waals surface area contributed by atoms with Crippen LogP contribution in [0.2, 0.25) is 0 Å². The maximum atomic E-state index is 14.4. The zero-order valence-electron chi connectivity index (χ0n) is 23.5. The molecule has 10 nitrogen and oxygen atoms in total. The van der Waals surface area contributed by atoms with E-state index in [4.69, 9.17) is 9.47 Å². The lowest BCUT2D eigenvalue weighted by molar-refractivity contribution is -0.292. The van der Waals surface area contributed by atoms with Crippen molar-refractivity contribution in [1.82, 2.24) is 25.4 Å². The molecule has 2 aromatic heterocycles. The van der Waals surface area contributed by atoms with Gasteiger partial charge in [-0.1, -0.05) is 0 Å². The minimum absolute atomic E-state index is 0.111. The summed E-state index contributed by atoms with van der Waals surface area (Å²) in [6.07, 6.45) is -2.62. The molecule has 0 bridgehead atoms. The number of aromatic nitrogens is 3. The third kappa shape index (κ3) is 5.96. The Labute approximate surface area is 240 Å². The lowest BCUT2D eigenvalue weighted by Crippen LogP contribution is -2.55. The number of H-pyrrole nitrogens is 1. The predicted molar refractivity (Wildman–Crippen MR) is 141 cm³/mol. The normalized spacial score (nSPS) is 26.1. The van der Waals surface area contributed by atoms with Gasteiger partial charge in [-0.15, -0.1) is 0 Å². The van der Waals surface area contributed by atoms with Gasteiger partial charge in [0.05, 0.1) is 31.7 Å². The van der Waals surface area contributed by atoms with Crippen molar-refractivity contribution in [2.45, 2.75) is 87.8 Å². The molecule has 2 atom stereocenters. The Hall–Kier alpha value is -3.26. The van der Waals surface area contributed by atoms with Crippen molar-refractivity contribution in [3.63, 3.8) is 0 Å². The number of ether oxygens (including phenoxy) is 2. The molecular formula is C28H35F4N5O5. The highest BCUT2D eigenvalue weighted by molar-refractivity contribution is 5.94. The summed E-state index contributed by atoms with van der Waals surface area (Å²) in [6, 6.07) is 2.46. The van der Waals surface area contributed by atoms with Gasteiger partial charge in [0, 0.05) is 35.7 Å². The van der Waals surface area contributed by atoms with E-state index in [2.05, 4.69) is 20.5 Å². The highest BCUT2D eigenvalue weighted by Gasteiger charge is 2.58. The Morgan fingerprint density at radius 3 is 2.55 bits per heavy atom. The molecular weight excluding hydrogens is 562 g/mol. The number of piperidine rings is 1. The zero-order valence-corrected chi connectivity index (χ0v) is 23.5. The van der Waals surface area contributed by atoms with Gasteiger partial charge in [0.25, 0.3) is 5.91 Å². The summed E-state index contributed by atoms with van der Waals surface area (Å²) in [5.41, 5.74) is -2.23. The van der Waals surface area contributed by atoms with Gasteiger partial charge < -0.3 is 24.8 Å². The number of aromatic amines is 1. The second kappa shape index (κ2) is 11.4. The van der Waals surface area contributed by atoms with E-state index in [0.29, 0.717) is 19.4 Å². The van der Waals surface area contributed by atoms with Crippen LogP contribution in [0.1, 0.15) is 68.8 Å². The average molecular weight is 598 g/mol. The van der Waals surface area contributed by atoms with Crippen LogP contribution in [0.5, 0.6) is 5.88 Å². The summed E-state index contributed by atoms with van der Waals surface area (Å²) in [6.45, 7) is 1.29. The second-order valence-electron chi connectivity index (χ2n) is 11.7. The average Bonchev–Trinajstić information content (AvgIpc) is 3.53. The highest BCUT2D eigenvalue weighted by atomic mass is 19.4. The van der Waals surface area contributed by atoms with Crippen molar-refractivity contribution in [2.75, 3.05) is 20.3 Å². The minimum atomic E-state index is -4.58. The maximum absolute atomic E-state index is 14.4. The number of carbonyl (C=O) groups is 2. The summed E-state index contributed by atoms with van der Waals surface area (Å²) in [4.78, 5) is 32.2. The van der Waals surface area contributed by atoms with Crippen molar-refractivity contribution in [2.24, 2.45) is 5.92 Å². The molecule has 230 valence electrons. The smallest absolute Gasteiger partial charge is 0.417 e. The van der Waals surface area contributed by atoms with E-state index in [9.17, 15) is 32.3 Å². The number of carbonyl (C=O) groups excluding carboxylic acids is 2. The fraction of sp³-hybridized carbons (Fsp3) is 0.643. The third-order valence-corrected chi connectivity index (χ3v) is 8.72. The van der Waals surface area contributed by atoms with E-state index in [0.717, 1.165) is 19.0 Å². The summed E-state index contributed by atoms with van der Waals surface area (Å²) in [5.74, 6) is -1.28. The Kier molecular flexibility index (Phi) is 8.23. The standard InChI is InChI=1S/C28H35F4N5O5/c1-16(38)15-42-27(28(30,31)32)6-3-18(4-7-27)34-24(39)17-5-10-37(26(13-17)8-9-26)25(40)22-12-21(35-36-22)19-11-23(41-2)33-14-20(19)29/h11-12,14,16-18,38H,3-10,13,15H2,1-2H3,(H,34,39)(H,35,36)/t16-,17-,18?,27?/m0/s1. The maximum Gasteiger partial charge on any atom is 0.417 e. The first-order valence-electron chi connectivity index (χ1n) is 14.1. The molecule has 1 saturated heterocycles. The second-order valence-corrected chi connectivity index (χ2v) is 11.7. The molecule has 2 amide bonds. The molecule has 2 saturated carbocycles. The van der Waals surface area contributed by atoms with Crippen molar-refractivity contribution < 1.29 is 41.7 Å². The monoisotopic (exact) mass is 597 g/mol. The van der Waals surface area contributed by atoms with Crippen molar-refractivity contribution in [3.05, 3.63) is 29.8 Å². The number of aliphatic hydroxyl groups is 1. The third-order valence-electron chi connectivity index (χ3n) is 8.72. The molecule has 5 rings (SSSR count). The summed E-state index contributed by atoms with van der Waals surface area (Å²) >= 11 is 0. The lowest BCUT2D eigenvalue weighted by atomic mass is 9.80. The molecule has 3 aliphatic rings. The van der Waals surface area contributed by atoms with Gasteiger partial charge >= 0.3 is 6.18 Å². The fourth-order valence-electron chi connectivity index (χ4n) is 6.13. The van der Waals surface area contributed by atoms with Gasteiger partial charge in [-0.25, -0.2) is 9.37 Å². The van der Waals surface area contributed by atoms with Crippen LogP contribution in [-0.2, 0) is 9.53 Å². The number of methoxy groups -OCH3 is 1. The molecule has 2 aliphatic carbocycles. The van der Waals surface area contributed by atoms with Crippen molar-refractivity contribution in [3.8, 4) is 17.1 Å². The molecule has 3 fully saturated rings.